The molecule has 1 aliphatic heterocycles. The number of amides is 2. The number of hydrogen-bond donors (Lipinski definition) is 2. The van der Waals surface area contributed by atoms with Crippen molar-refractivity contribution in [2.24, 2.45) is 0 Å². The quantitative estimate of drug-likeness (QED) is 0.719. The zero-order valence-corrected chi connectivity index (χ0v) is 15.9. The molecule has 2 amide bonds. The summed E-state index contributed by atoms with van der Waals surface area (Å²) in [7, 11) is 1.70. The molecule has 148 valence electrons. The molecule has 2 aromatic rings. The molecular weight excluding hydrogens is 360 g/mol. The molecule has 8 heteroatoms. The van der Waals surface area contributed by atoms with Gasteiger partial charge in [-0.15, -0.1) is 0 Å². The normalized spacial score (nSPS) is 18.8. The highest BCUT2D eigenvalue weighted by Gasteiger charge is 2.38. The standard InChI is InChI=1S/C20H24N4O4/c1-24(13-14-12-21-15-4-2-3-5-16(15)22-14)18(26)7-10-20(11-8-19(27)28)9-6-17(25)23-20/h2-5,12H,6-11,13H2,1H3,(H,23,25)(H,27,28). The van der Waals surface area contributed by atoms with Gasteiger partial charge in [0, 0.05) is 31.8 Å². The average molecular weight is 384 g/mol. The summed E-state index contributed by atoms with van der Waals surface area (Å²) in [5, 5.41) is 11.8. The predicted molar refractivity (Wildman–Crippen MR) is 102 cm³/mol. The Hall–Kier alpha value is -3.03. The van der Waals surface area contributed by atoms with Gasteiger partial charge < -0.3 is 15.3 Å². The summed E-state index contributed by atoms with van der Waals surface area (Å²) in [4.78, 5) is 45.6. The van der Waals surface area contributed by atoms with Crippen LogP contribution in [0.15, 0.2) is 30.5 Å². The van der Waals surface area contributed by atoms with E-state index in [1.54, 1.807) is 18.1 Å². The Kier molecular flexibility index (Phi) is 5.87. The number of benzene rings is 1. The fourth-order valence-electron chi connectivity index (χ4n) is 3.56. The molecule has 1 unspecified atom stereocenters. The van der Waals surface area contributed by atoms with Gasteiger partial charge in [-0.05, 0) is 31.4 Å². The zero-order valence-electron chi connectivity index (χ0n) is 15.9. The lowest BCUT2D eigenvalue weighted by molar-refractivity contribution is -0.137. The van der Waals surface area contributed by atoms with Crippen LogP contribution in [0.5, 0.6) is 0 Å². The van der Waals surface area contributed by atoms with E-state index < -0.39 is 11.5 Å². The maximum atomic E-state index is 12.6. The molecule has 0 bridgehead atoms. The van der Waals surface area contributed by atoms with Crippen molar-refractivity contribution in [1.82, 2.24) is 20.2 Å². The van der Waals surface area contributed by atoms with Crippen molar-refractivity contribution in [2.45, 2.75) is 50.6 Å². The van der Waals surface area contributed by atoms with E-state index in [1.165, 1.54) is 0 Å². The van der Waals surface area contributed by atoms with Crippen molar-refractivity contribution in [1.29, 1.82) is 0 Å². The molecule has 1 fully saturated rings. The van der Waals surface area contributed by atoms with Gasteiger partial charge >= 0.3 is 5.97 Å². The first kappa shape index (κ1) is 19.7. The molecule has 1 atom stereocenters. The highest BCUT2D eigenvalue weighted by Crippen LogP contribution is 2.30. The van der Waals surface area contributed by atoms with Crippen LogP contribution in [0.2, 0.25) is 0 Å². The molecule has 1 aromatic heterocycles. The number of aliphatic carboxylic acids is 1. The Bertz CT molecular complexity index is 901. The van der Waals surface area contributed by atoms with Gasteiger partial charge in [-0.25, -0.2) is 4.98 Å². The first-order chi connectivity index (χ1) is 13.4. The Labute approximate surface area is 163 Å². The van der Waals surface area contributed by atoms with E-state index in [4.69, 9.17) is 5.11 Å². The fraction of sp³-hybridized carbons (Fsp3) is 0.450. The van der Waals surface area contributed by atoms with E-state index in [1.807, 2.05) is 24.3 Å². The number of aromatic nitrogens is 2. The number of carbonyl (C=O) groups excluding carboxylic acids is 2. The number of carboxylic acid groups (broad SMARTS) is 1. The summed E-state index contributed by atoms with van der Waals surface area (Å²) < 4.78 is 0. The van der Waals surface area contributed by atoms with Gasteiger partial charge in [-0.1, -0.05) is 12.1 Å². The van der Waals surface area contributed by atoms with E-state index >= 15 is 0 Å². The largest absolute Gasteiger partial charge is 0.481 e. The molecule has 8 nitrogen and oxygen atoms in total. The van der Waals surface area contributed by atoms with Crippen LogP contribution in [-0.4, -0.2) is 50.3 Å². The first-order valence-corrected chi connectivity index (χ1v) is 9.34. The number of rotatable bonds is 8. The summed E-state index contributed by atoms with van der Waals surface area (Å²) in [5.74, 6) is -1.07. The third-order valence-corrected chi connectivity index (χ3v) is 5.19. The van der Waals surface area contributed by atoms with E-state index in [-0.39, 0.29) is 24.7 Å². The highest BCUT2D eigenvalue weighted by molar-refractivity contribution is 5.80. The van der Waals surface area contributed by atoms with E-state index in [2.05, 4.69) is 15.3 Å². The number of carboxylic acids is 1. The second-order valence-electron chi connectivity index (χ2n) is 7.32. The number of fused-ring (bicyclic) bond motifs is 1. The first-order valence-electron chi connectivity index (χ1n) is 9.34. The van der Waals surface area contributed by atoms with Crippen molar-refractivity contribution in [3.63, 3.8) is 0 Å². The monoisotopic (exact) mass is 384 g/mol. The highest BCUT2D eigenvalue weighted by atomic mass is 16.4. The van der Waals surface area contributed by atoms with Crippen molar-refractivity contribution >= 4 is 28.8 Å². The van der Waals surface area contributed by atoms with Crippen LogP contribution in [-0.2, 0) is 20.9 Å². The van der Waals surface area contributed by atoms with Crippen LogP contribution in [0.4, 0.5) is 0 Å². The van der Waals surface area contributed by atoms with E-state index in [9.17, 15) is 14.4 Å². The third kappa shape index (κ3) is 4.82. The predicted octanol–water partition coefficient (Wildman–Crippen LogP) is 1.88. The van der Waals surface area contributed by atoms with Crippen LogP contribution in [0.25, 0.3) is 11.0 Å². The minimum absolute atomic E-state index is 0.0308. The van der Waals surface area contributed by atoms with Gasteiger partial charge in [-0.2, -0.15) is 0 Å². The molecule has 0 aliphatic carbocycles. The maximum absolute atomic E-state index is 12.6. The minimum atomic E-state index is -0.904. The van der Waals surface area contributed by atoms with E-state index in [0.717, 1.165) is 11.0 Å². The van der Waals surface area contributed by atoms with Crippen LogP contribution in [0, 0.1) is 0 Å². The molecule has 2 heterocycles. The molecule has 1 aromatic carbocycles. The number of carbonyl (C=O) groups is 3. The zero-order chi connectivity index (χ0) is 20.1. The van der Waals surface area contributed by atoms with Crippen molar-refractivity contribution in [3.8, 4) is 0 Å². The number of para-hydroxylation sites is 2. The summed E-state index contributed by atoms with van der Waals surface area (Å²) in [5.41, 5.74) is 1.68. The van der Waals surface area contributed by atoms with Crippen molar-refractivity contribution < 1.29 is 19.5 Å². The number of nitrogens with zero attached hydrogens (tertiary/aromatic N) is 3. The van der Waals surface area contributed by atoms with Crippen LogP contribution in [0.3, 0.4) is 0 Å². The molecule has 0 radical (unpaired) electrons. The molecule has 1 saturated heterocycles. The fourth-order valence-corrected chi connectivity index (χ4v) is 3.56. The lowest BCUT2D eigenvalue weighted by Gasteiger charge is -2.29. The Morgan fingerprint density at radius 3 is 2.61 bits per heavy atom. The third-order valence-electron chi connectivity index (χ3n) is 5.19. The number of hydrogen-bond acceptors (Lipinski definition) is 5. The molecule has 0 saturated carbocycles. The Morgan fingerprint density at radius 2 is 1.93 bits per heavy atom. The minimum Gasteiger partial charge on any atom is -0.481 e. The van der Waals surface area contributed by atoms with Crippen molar-refractivity contribution in [3.05, 3.63) is 36.2 Å². The SMILES string of the molecule is CN(Cc1cnc2ccccc2n1)C(=O)CCC1(CCC(=O)O)CCC(=O)N1. The maximum Gasteiger partial charge on any atom is 0.303 e. The second-order valence-corrected chi connectivity index (χ2v) is 7.32. The van der Waals surface area contributed by atoms with Gasteiger partial charge in [0.05, 0.1) is 29.5 Å². The van der Waals surface area contributed by atoms with Crippen molar-refractivity contribution in [2.75, 3.05) is 7.05 Å². The van der Waals surface area contributed by atoms with Crippen LogP contribution >= 0.6 is 0 Å². The van der Waals surface area contributed by atoms with Gasteiger partial charge in [0.2, 0.25) is 11.8 Å². The molecular formula is C20H24N4O4. The summed E-state index contributed by atoms with van der Waals surface area (Å²) in [6, 6.07) is 7.55. The average Bonchev–Trinajstić information content (AvgIpc) is 3.05. The Morgan fingerprint density at radius 1 is 1.21 bits per heavy atom. The molecule has 1 aliphatic rings. The van der Waals surface area contributed by atoms with E-state index in [0.29, 0.717) is 37.9 Å². The van der Waals surface area contributed by atoms with Crippen LogP contribution < -0.4 is 5.32 Å². The number of nitrogens with one attached hydrogen (secondary N) is 1. The molecule has 28 heavy (non-hydrogen) atoms. The summed E-state index contributed by atoms with van der Waals surface area (Å²) in [6.45, 7) is 0.338. The Balaban J connectivity index is 1.59. The van der Waals surface area contributed by atoms with Gasteiger partial charge in [0.1, 0.15) is 0 Å². The van der Waals surface area contributed by atoms with Gasteiger partial charge in [0.25, 0.3) is 0 Å². The lowest BCUT2D eigenvalue weighted by atomic mass is 9.86. The lowest BCUT2D eigenvalue weighted by Crippen LogP contribution is -2.43. The second kappa shape index (κ2) is 8.33. The smallest absolute Gasteiger partial charge is 0.303 e. The topological polar surface area (TPSA) is 112 Å². The summed E-state index contributed by atoms with van der Waals surface area (Å²) >= 11 is 0. The molecule has 2 N–H and O–H groups in total. The molecule has 0 spiro atoms. The summed E-state index contributed by atoms with van der Waals surface area (Å²) in [6.07, 6.45) is 3.56. The van der Waals surface area contributed by atoms with Gasteiger partial charge in [-0.3, -0.25) is 19.4 Å². The molecule has 3 rings (SSSR count). The van der Waals surface area contributed by atoms with Crippen LogP contribution in [0.1, 0.15) is 44.2 Å². The van der Waals surface area contributed by atoms with Gasteiger partial charge in [0.15, 0.2) is 0 Å².